The standard InChI is InChI=1S/C12H12FNO3/c1-16-11(15)5-8-3-9(13)2-7-4-10(6-14)17-12(7)8/h2-4H,5-6,14H2,1H3. The van der Waals surface area contributed by atoms with Gasteiger partial charge in [-0.3, -0.25) is 4.79 Å². The predicted molar refractivity (Wildman–Crippen MR) is 59.8 cm³/mol. The van der Waals surface area contributed by atoms with E-state index in [-0.39, 0.29) is 13.0 Å². The first-order valence-corrected chi connectivity index (χ1v) is 5.11. The summed E-state index contributed by atoms with van der Waals surface area (Å²) in [6.45, 7) is 0.230. The first-order chi connectivity index (χ1) is 8.13. The van der Waals surface area contributed by atoms with Crippen molar-refractivity contribution in [3.8, 4) is 0 Å². The molecule has 0 amide bonds. The van der Waals surface area contributed by atoms with Crippen LogP contribution in [0.3, 0.4) is 0 Å². The SMILES string of the molecule is COC(=O)Cc1cc(F)cc2cc(CN)oc12. The van der Waals surface area contributed by atoms with Crippen molar-refractivity contribution in [2.75, 3.05) is 7.11 Å². The number of methoxy groups -OCH3 is 1. The van der Waals surface area contributed by atoms with Crippen LogP contribution < -0.4 is 5.73 Å². The Kier molecular flexibility index (Phi) is 3.10. The van der Waals surface area contributed by atoms with Crippen molar-refractivity contribution in [1.82, 2.24) is 0 Å². The number of benzene rings is 1. The summed E-state index contributed by atoms with van der Waals surface area (Å²) >= 11 is 0. The number of furan rings is 1. The van der Waals surface area contributed by atoms with Crippen LogP contribution in [0.2, 0.25) is 0 Å². The van der Waals surface area contributed by atoms with E-state index in [4.69, 9.17) is 10.2 Å². The summed E-state index contributed by atoms with van der Waals surface area (Å²) in [5.74, 6) is -0.305. The molecule has 0 fully saturated rings. The van der Waals surface area contributed by atoms with E-state index in [2.05, 4.69) is 4.74 Å². The van der Waals surface area contributed by atoms with Gasteiger partial charge in [-0.15, -0.1) is 0 Å². The average molecular weight is 237 g/mol. The van der Waals surface area contributed by atoms with Crippen molar-refractivity contribution in [3.05, 3.63) is 35.3 Å². The summed E-state index contributed by atoms with van der Waals surface area (Å²) in [5.41, 5.74) is 6.40. The first kappa shape index (κ1) is 11.6. The normalized spacial score (nSPS) is 10.8. The monoisotopic (exact) mass is 237 g/mol. The summed E-state index contributed by atoms with van der Waals surface area (Å²) in [7, 11) is 1.28. The van der Waals surface area contributed by atoms with Crippen molar-refractivity contribution in [1.29, 1.82) is 0 Å². The summed E-state index contributed by atoms with van der Waals surface area (Å²) < 4.78 is 23.3. The van der Waals surface area contributed by atoms with Gasteiger partial charge >= 0.3 is 5.97 Å². The van der Waals surface area contributed by atoms with Crippen LogP contribution in [-0.4, -0.2) is 13.1 Å². The first-order valence-electron chi connectivity index (χ1n) is 5.11. The van der Waals surface area contributed by atoms with E-state index < -0.39 is 11.8 Å². The van der Waals surface area contributed by atoms with Gasteiger partial charge < -0.3 is 14.9 Å². The molecule has 1 heterocycles. The lowest BCUT2D eigenvalue weighted by Crippen LogP contribution is -2.04. The third-order valence-electron chi connectivity index (χ3n) is 2.47. The van der Waals surface area contributed by atoms with Gasteiger partial charge in [-0.25, -0.2) is 4.39 Å². The van der Waals surface area contributed by atoms with Crippen LogP contribution in [0, 0.1) is 5.82 Å². The molecule has 0 atom stereocenters. The minimum atomic E-state index is -0.442. The lowest BCUT2D eigenvalue weighted by molar-refractivity contribution is -0.139. The fourth-order valence-corrected chi connectivity index (χ4v) is 1.70. The number of hydrogen-bond acceptors (Lipinski definition) is 4. The van der Waals surface area contributed by atoms with Crippen LogP contribution in [0.25, 0.3) is 11.0 Å². The van der Waals surface area contributed by atoms with Crippen molar-refractivity contribution in [3.63, 3.8) is 0 Å². The van der Waals surface area contributed by atoms with Crippen LogP contribution in [-0.2, 0) is 22.5 Å². The number of carbonyl (C=O) groups is 1. The van der Waals surface area contributed by atoms with Crippen LogP contribution in [0.15, 0.2) is 22.6 Å². The molecule has 1 aromatic heterocycles. The quantitative estimate of drug-likeness (QED) is 0.826. The molecule has 0 aliphatic carbocycles. The molecular weight excluding hydrogens is 225 g/mol. The Labute approximate surface area is 97.1 Å². The van der Waals surface area contributed by atoms with Gasteiger partial charge in [0, 0.05) is 10.9 Å². The number of fused-ring (bicyclic) bond motifs is 1. The van der Waals surface area contributed by atoms with Crippen LogP contribution >= 0.6 is 0 Å². The second-order valence-electron chi connectivity index (χ2n) is 3.65. The Hall–Kier alpha value is -1.88. The van der Waals surface area contributed by atoms with Crippen molar-refractivity contribution >= 4 is 16.9 Å². The molecular formula is C12H12FNO3. The Morgan fingerprint density at radius 3 is 2.88 bits per heavy atom. The summed E-state index contributed by atoms with van der Waals surface area (Å²) in [6, 6.07) is 4.28. The van der Waals surface area contributed by atoms with Gasteiger partial charge in [0.25, 0.3) is 0 Å². The molecule has 0 saturated carbocycles. The van der Waals surface area contributed by atoms with Gasteiger partial charge in [0.1, 0.15) is 17.2 Å². The van der Waals surface area contributed by atoms with Crippen molar-refractivity contribution in [2.45, 2.75) is 13.0 Å². The fourth-order valence-electron chi connectivity index (χ4n) is 1.70. The molecule has 0 spiro atoms. The number of hydrogen-bond donors (Lipinski definition) is 1. The van der Waals surface area contributed by atoms with E-state index in [0.29, 0.717) is 22.3 Å². The molecule has 0 aliphatic rings. The molecule has 2 aromatic rings. The molecule has 0 aliphatic heterocycles. The zero-order valence-corrected chi connectivity index (χ0v) is 9.33. The number of rotatable bonds is 3. The zero-order valence-electron chi connectivity index (χ0n) is 9.33. The Morgan fingerprint density at radius 1 is 1.47 bits per heavy atom. The number of carbonyl (C=O) groups excluding carboxylic acids is 1. The highest BCUT2D eigenvalue weighted by Crippen LogP contribution is 2.25. The van der Waals surface area contributed by atoms with E-state index in [0.717, 1.165) is 0 Å². The van der Waals surface area contributed by atoms with Gasteiger partial charge in [0.05, 0.1) is 20.1 Å². The topological polar surface area (TPSA) is 65.5 Å². The number of halogens is 1. The second kappa shape index (κ2) is 4.55. The maximum Gasteiger partial charge on any atom is 0.310 e. The molecule has 17 heavy (non-hydrogen) atoms. The molecule has 2 N–H and O–H groups in total. The van der Waals surface area contributed by atoms with E-state index in [9.17, 15) is 9.18 Å². The van der Waals surface area contributed by atoms with E-state index in [1.807, 2.05) is 0 Å². The molecule has 0 radical (unpaired) electrons. The van der Waals surface area contributed by atoms with Crippen LogP contribution in [0.4, 0.5) is 4.39 Å². The number of nitrogens with two attached hydrogens (primary N) is 1. The molecule has 90 valence electrons. The molecule has 0 unspecified atom stereocenters. The van der Waals surface area contributed by atoms with Gasteiger partial charge in [0.2, 0.25) is 0 Å². The highest BCUT2D eigenvalue weighted by molar-refractivity contribution is 5.85. The van der Waals surface area contributed by atoms with Gasteiger partial charge in [-0.2, -0.15) is 0 Å². The Bertz CT molecular complexity index is 562. The fraction of sp³-hybridized carbons (Fsp3) is 0.250. The highest BCUT2D eigenvalue weighted by Gasteiger charge is 2.13. The Balaban J connectivity index is 2.52. The summed E-state index contributed by atoms with van der Waals surface area (Å²) in [6.07, 6.45) is -0.0255. The van der Waals surface area contributed by atoms with Gasteiger partial charge in [0.15, 0.2) is 0 Å². The molecule has 0 saturated heterocycles. The largest absolute Gasteiger partial charge is 0.469 e. The highest BCUT2D eigenvalue weighted by atomic mass is 19.1. The second-order valence-corrected chi connectivity index (χ2v) is 3.65. The van der Waals surface area contributed by atoms with Crippen molar-refractivity contribution in [2.24, 2.45) is 5.73 Å². The van der Waals surface area contributed by atoms with Gasteiger partial charge in [-0.05, 0) is 18.2 Å². The number of esters is 1. The van der Waals surface area contributed by atoms with Crippen LogP contribution in [0.5, 0.6) is 0 Å². The molecule has 1 aromatic carbocycles. The number of ether oxygens (including phenoxy) is 1. The van der Waals surface area contributed by atoms with E-state index >= 15 is 0 Å². The summed E-state index contributed by atoms with van der Waals surface area (Å²) in [4.78, 5) is 11.2. The lowest BCUT2D eigenvalue weighted by atomic mass is 10.1. The average Bonchev–Trinajstić information content (AvgIpc) is 2.71. The third-order valence-corrected chi connectivity index (χ3v) is 2.47. The molecule has 4 nitrogen and oxygen atoms in total. The smallest absolute Gasteiger partial charge is 0.310 e. The van der Waals surface area contributed by atoms with E-state index in [1.165, 1.54) is 19.2 Å². The van der Waals surface area contributed by atoms with Crippen molar-refractivity contribution < 1.29 is 18.3 Å². The van der Waals surface area contributed by atoms with Crippen LogP contribution in [0.1, 0.15) is 11.3 Å². The minimum Gasteiger partial charge on any atom is -0.469 e. The van der Waals surface area contributed by atoms with E-state index in [1.54, 1.807) is 6.07 Å². The third kappa shape index (κ3) is 2.29. The summed E-state index contributed by atoms with van der Waals surface area (Å²) in [5, 5.41) is 0.601. The lowest BCUT2D eigenvalue weighted by Gasteiger charge is -2.01. The maximum absolute atomic E-state index is 13.3. The zero-order chi connectivity index (χ0) is 12.4. The Morgan fingerprint density at radius 2 is 2.24 bits per heavy atom. The maximum atomic E-state index is 13.3. The molecule has 2 rings (SSSR count). The molecule has 0 bridgehead atoms. The predicted octanol–water partition coefficient (Wildman–Crippen LogP) is 1.75. The molecule has 5 heteroatoms. The minimum absolute atomic E-state index is 0.0255. The van der Waals surface area contributed by atoms with Gasteiger partial charge in [-0.1, -0.05) is 0 Å².